The zero-order valence-corrected chi connectivity index (χ0v) is 15.1. The van der Waals surface area contributed by atoms with Gasteiger partial charge in [-0.1, -0.05) is 25.7 Å². The van der Waals surface area contributed by atoms with E-state index in [1.165, 1.54) is 17.7 Å². The summed E-state index contributed by atoms with van der Waals surface area (Å²) < 4.78 is 5.39. The number of rotatable bonds is 6. The quantitative estimate of drug-likeness (QED) is 0.636. The Morgan fingerprint density at radius 3 is 2.83 bits per heavy atom. The number of aromatic amines is 1. The third kappa shape index (κ3) is 4.63. The van der Waals surface area contributed by atoms with Crippen molar-refractivity contribution >= 4 is 17.3 Å². The number of hydrogen-bond acceptors (Lipinski definition) is 7. The predicted molar refractivity (Wildman–Crippen MR) is 92.7 cm³/mol. The molecule has 7 nitrogen and oxygen atoms in total. The zero-order valence-electron chi connectivity index (χ0n) is 14.3. The van der Waals surface area contributed by atoms with E-state index in [2.05, 4.69) is 50.8 Å². The fourth-order valence-electron chi connectivity index (χ4n) is 1.99. The number of nitrogens with zero attached hydrogens (tertiary/aromatic N) is 4. The van der Waals surface area contributed by atoms with Gasteiger partial charge >= 0.3 is 5.97 Å². The second-order valence-corrected chi connectivity index (χ2v) is 6.10. The van der Waals surface area contributed by atoms with Crippen LogP contribution in [0.1, 0.15) is 36.1 Å². The molecule has 2 aromatic rings. The summed E-state index contributed by atoms with van der Waals surface area (Å²) >= 11 is 1.23. The van der Waals surface area contributed by atoms with Crippen LogP contribution < -0.4 is 0 Å². The normalized spacial score (nSPS) is 11.9. The number of carbonyl (C=O) groups excluding carboxylic acids is 1. The van der Waals surface area contributed by atoms with Crippen LogP contribution in [0.15, 0.2) is 6.33 Å². The molecule has 0 aliphatic carbocycles. The van der Waals surface area contributed by atoms with E-state index in [0.29, 0.717) is 27.9 Å². The SMILES string of the molecule is CCN(CC)CC#C[C@H](C)OC(=O)c1sc(-c2ncn[nH]2)nc1C. The molecule has 0 unspecified atom stereocenters. The molecule has 2 rings (SSSR count). The third-order valence-electron chi connectivity index (χ3n) is 3.39. The highest BCUT2D eigenvalue weighted by atomic mass is 32.1. The molecule has 0 amide bonds. The number of esters is 1. The summed E-state index contributed by atoms with van der Waals surface area (Å²) in [7, 11) is 0. The third-order valence-corrected chi connectivity index (χ3v) is 4.53. The van der Waals surface area contributed by atoms with Gasteiger partial charge in [0, 0.05) is 0 Å². The summed E-state index contributed by atoms with van der Waals surface area (Å²) in [5.74, 6) is 6.13. The average molecular weight is 347 g/mol. The van der Waals surface area contributed by atoms with Crippen molar-refractivity contribution in [2.24, 2.45) is 0 Å². The Hall–Kier alpha value is -2.24. The maximum atomic E-state index is 12.3. The van der Waals surface area contributed by atoms with E-state index < -0.39 is 12.1 Å². The van der Waals surface area contributed by atoms with Crippen LogP contribution in [0.4, 0.5) is 0 Å². The minimum Gasteiger partial charge on any atom is -0.445 e. The molecule has 0 aromatic carbocycles. The molecular formula is C16H21N5O2S. The standard InChI is InChI=1S/C16H21N5O2S/c1-5-21(6-2)9-7-8-11(3)23-16(22)13-12(4)19-15(24-13)14-17-10-18-20-14/h10-11H,5-6,9H2,1-4H3,(H,17,18,20)/t11-/m0/s1. The molecule has 0 saturated carbocycles. The minimum absolute atomic E-state index is 0.416. The van der Waals surface area contributed by atoms with Gasteiger partial charge in [-0.15, -0.1) is 11.3 Å². The summed E-state index contributed by atoms with van der Waals surface area (Å²) in [6.07, 6.45) is 0.931. The van der Waals surface area contributed by atoms with Crippen LogP contribution in [0.25, 0.3) is 10.8 Å². The molecule has 0 aliphatic rings. The Bertz CT molecular complexity index is 725. The summed E-state index contributed by atoms with van der Waals surface area (Å²) in [6, 6.07) is 0. The Morgan fingerprint density at radius 1 is 1.46 bits per heavy atom. The van der Waals surface area contributed by atoms with Crippen molar-refractivity contribution in [2.45, 2.75) is 33.8 Å². The summed E-state index contributed by atoms with van der Waals surface area (Å²) in [5.41, 5.74) is 0.611. The first-order valence-corrected chi connectivity index (χ1v) is 8.61. The molecule has 2 heterocycles. The molecule has 0 fully saturated rings. The fourth-order valence-corrected chi connectivity index (χ4v) is 2.88. The van der Waals surface area contributed by atoms with Crippen LogP contribution in [-0.2, 0) is 4.74 Å². The largest absolute Gasteiger partial charge is 0.445 e. The molecular weight excluding hydrogens is 326 g/mol. The highest BCUT2D eigenvalue weighted by Crippen LogP contribution is 2.25. The summed E-state index contributed by atoms with van der Waals surface area (Å²) in [5, 5.41) is 7.12. The van der Waals surface area contributed by atoms with E-state index in [0.717, 1.165) is 13.1 Å². The Kier molecular flexibility index (Phi) is 6.46. The lowest BCUT2D eigenvalue weighted by Crippen LogP contribution is -2.23. The molecule has 0 radical (unpaired) electrons. The number of thiazole rings is 1. The van der Waals surface area contributed by atoms with E-state index in [1.807, 2.05) is 0 Å². The number of H-pyrrole nitrogens is 1. The number of carbonyl (C=O) groups is 1. The first-order valence-electron chi connectivity index (χ1n) is 7.80. The van der Waals surface area contributed by atoms with Crippen molar-refractivity contribution in [1.82, 2.24) is 25.1 Å². The molecule has 8 heteroatoms. The van der Waals surface area contributed by atoms with Crippen molar-refractivity contribution < 1.29 is 9.53 Å². The summed E-state index contributed by atoms with van der Waals surface area (Å²) in [4.78, 5) is 23.3. The number of hydrogen-bond donors (Lipinski definition) is 1. The topological polar surface area (TPSA) is 84.0 Å². The van der Waals surface area contributed by atoms with Gasteiger partial charge in [-0.05, 0) is 26.9 Å². The van der Waals surface area contributed by atoms with Gasteiger partial charge in [0.2, 0.25) is 0 Å². The van der Waals surface area contributed by atoms with Gasteiger partial charge in [0.25, 0.3) is 0 Å². The summed E-state index contributed by atoms with van der Waals surface area (Å²) in [6.45, 7) is 10.3. The van der Waals surface area contributed by atoms with E-state index in [4.69, 9.17) is 4.74 Å². The maximum Gasteiger partial charge on any atom is 0.351 e. The van der Waals surface area contributed by atoms with Crippen molar-refractivity contribution in [1.29, 1.82) is 0 Å². The molecule has 2 aromatic heterocycles. The molecule has 0 spiro atoms. The average Bonchev–Trinajstić information content (AvgIpc) is 3.20. The van der Waals surface area contributed by atoms with Gasteiger partial charge in [-0.3, -0.25) is 10.00 Å². The van der Waals surface area contributed by atoms with Crippen molar-refractivity contribution in [3.05, 3.63) is 16.9 Å². The first kappa shape index (κ1) is 18.1. The predicted octanol–water partition coefficient (Wildman–Crippen LogP) is 2.13. The van der Waals surface area contributed by atoms with Gasteiger partial charge in [0.1, 0.15) is 11.2 Å². The van der Waals surface area contributed by atoms with E-state index in [1.54, 1.807) is 13.8 Å². The Labute approximate surface area is 145 Å². The number of nitrogens with one attached hydrogen (secondary N) is 1. The highest BCUT2D eigenvalue weighted by Gasteiger charge is 2.20. The lowest BCUT2D eigenvalue weighted by Gasteiger charge is -2.13. The second-order valence-electron chi connectivity index (χ2n) is 5.10. The monoisotopic (exact) mass is 347 g/mol. The number of aryl methyl sites for hydroxylation is 1. The van der Waals surface area contributed by atoms with Crippen LogP contribution in [0, 0.1) is 18.8 Å². The van der Waals surface area contributed by atoms with Gasteiger partial charge < -0.3 is 4.74 Å². The molecule has 0 bridgehead atoms. The van der Waals surface area contributed by atoms with Gasteiger partial charge in [-0.25, -0.2) is 14.8 Å². The van der Waals surface area contributed by atoms with E-state index in [-0.39, 0.29) is 0 Å². The van der Waals surface area contributed by atoms with Crippen LogP contribution in [0.2, 0.25) is 0 Å². The molecule has 1 N–H and O–H groups in total. The second kappa shape index (κ2) is 8.57. The van der Waals surface area contributed by atoms with E-state index >= 15 is 0 Å². The molecule has 128 valence electrons. The van der Waals surface area contributed by atoms with Gasteiger partial charge in [-0.2, -0.15) is 5.10 Å². The Balaban J connectivity index is 1.98. The van der Waals surface area contributed by atoms with Gasteiger partial charge in [0.05, 0.1) is 12.2 Å². The minimum atomic E-state index is -0.469. The highest BCUT2D eigenvalue weighted by molar-refractivity contribution is 7.16. The zero-order chi connectivity index (χ0) is 17.5. The lowest BCUT2D eigenvalue weighted by atomic mass is 10.3. The van der Waals surface area contributed by atoms with Crippen LogP contribution >= 0.6 is 11.3 Å². The van der Waals surface area contributed by atoms with Gasteiger partial charge in [0.15, 0.2) is 16.9 Å². The Morgan fingerprint density at radius 2 is 2.21 bits per heavy atom. The first-order chi connectivity index (χ1) is 11.5. The fraction of sp³-hybridized carbons (Fsp3) is 0.500. The van der Waals surface area contributed by atoms with Crippen LogP contribution in [-0.4, -0.2) is 56.8 Å². The molecule has 0 aliphatic heterocycles. The van der Waals surface area contributed by atoms with Crippen molar-refractivity contribution in [2.75, 3.05) is 19.6 Å². The van der Waals surface area contributed by atoms with Crippen molar-refractivity contribution in [3.63, 3.8) is 0 Å². The lowest BCUT2D eigenvalue weighted by molar-refractivity contribution is 0.0443. The smallest absolute Gasteiger partial charge is 0.351 e. The molecule has 0 saturated heterocycles. The maximum absolute atomic E-state index is 12.3. The molecule has 1 atom stereocenters. The number of ether oxygens (including phenoxy) is 1. The van der Waals surface area contributed by atoms with E-state index in [9.17, 15) is 4.79 Å². The van der Waals surface area contributed by atoms with Crippen LogP contribution in [0.3, 0.4) is 0 Å². The number of aromatic nitrogens is 4. The van der Waals surface area contributed by atoms with Crippen LogP contribution in [0.5, 0.6) is 0 Å². The molecule has 24 heavy (non-hydrogen) atoms. The van der Waals surface area contributed by atoms with Crippen molar-refractivity contribution in [3.8, 4) is 22.7 Å².